The zero-order chi connectivity index (χ0) is 13.9. The summed E-state index contributed by atoms with van der Waals surface area (Å²) in [5.74, 6) is 0.420. The molecule has 1 aliphatic rings. The van der Waals surface area contributed by atoms with Crippen LogP contribution >= 0.6 is 0 Å². The lowest BCUT2D eigenvalue weighted by atomic mass is 9.96. The van der Waals surface area contributed by atoms with Crippen molar-refractivity contribution in [2.75, 3.05) is 5.32 Å². The molecule has 2 atom stereocenters. The molecule has 0 aromatic heterocycles. The molecule has 0 radical (unpaired) electrons. The Bertz CT molecular complexity index is 414. The minimum Gasteiger partial charge on any atom is -0.382 e. The quantitative estimate of drug-likeness (QED) is 0.739. The lowest BCUT2D eigenvalue weighted by Crippen LogP contribution is -2.27. The summed E-state index contributed by atoms with van der Waals surface area (Å²) < 4.78 is 38.8. The maximum absolute atomic E-state index is 12.9. The predicted molar refractivity (Wildman–Crippen MR) is 71.1 cm³/mol. The number of alkyl halides is 3. The Morgan fingerprint density at radius 1 is 1.05 bits per heavy atom. The molecule has 1 saturated carbocycles. The predicted octanol–water partition coefficient (Wildman–Crippen LogP) is 5.09. The summed E-state index contributed by atoms with van der Waals surface area (Å²) in [5, 5.41) is 3.13. The van der Waals surface area contributed by atoms with Crippen molar-refractivity contribution < 1.29 is 13.2 Å². The van der Waals surface area contributed by atoms with Crippen molar-refractivity contribution in [3.8, 4) is 0 Å². The third-order valence-corrected chi connectivity index (χ3v) is 3.93. The molecule has 1 fully saturated rings. The van der Waals surface area contributed by atoms with Gasteiger partial charge in [0.15, 0.2) is 0 Å². The highest BCUT2D eigenvalue weighted by Crippen LogP contribution is 2.36. The zero-order valence-corrected chi connectivity index (χ0v) is 11.1. The Kier molecular flexibility index (Phi) is 4.38. The molecule has 0 aliphatic heterocycles. The first-order chi connectivity index (χ1) is 8.98. The number of anilines is 1. The maximum atomic E-state index is 12.9. The molecule has 4 heteroatoms. The fraction of sp³-hybridized carbons (Fsp3) is 0.600. The summed E-state index contributed by atoms with van der Waals surface area (Å²) in [7, 11) is 0. The van der Waals surface area contributed by atoms with Crippen molar-refractivity contribution in [1.29, 1.82) is 0 Å². The molecular weight excluding hydrogens is 251 g/mol. The van der Waals surface area contributed by atoms with Gasteiger partial charge in [-0.3, -0.25) is 0 Å². The topological polar surface area (TPSA) is 12.0 Å². The highest BCUT2D eigenvalue weighted by Gasteiger charge is 2.34. The van der Waals surface area contributed by atoms with Gasteiger partial charge in [0.05, 0.1) is 5.56 Å². The van der Waals surface area contributed by atoms with E-state index < -0.39 is 11.7 Å². The average molecular weight is 271 g/mol. The summed E-state index contributed by atoms with van der Waals surface area (Å²) in [6.07, 6.45) is 1.21. The van der Waals surface area contributed by atoms with E-state index in [0.29, 0.717) is 5.92 Å². The van der Waals surface area contributed by atoms with Crippen LogP contribution in [0, 0.1) is 5.92 Å². The Labute approximate surface area is 112 Å². The molecule has 1 aromatic rings. The largest absolute Gasteiger partial charge is 0.418 e. The first kappa shape index (κ1) is 14.2. The van der Waals surface area contributed by atoms with Gasteiger partial charge in [-0.1, -0.05) is 38.3 Å². The Hall–Kier alpha value is -1.19. The fourth-order valence-electron chi connectivity index (χ4n) is 2.76. The number of hydrogen-bond donors (Lipinski definition) is 1. The van der Waals surface area contributed by atoms with E-state index in [4.69, 9.17) is 0 Å². The van der Waals surface area contributed by atoms with Gasteiger partial charge < -0.3 is 5.32 Å². The Balaban J connectivity index is 2.18. The molecule has 106 valence electrons. The second kappa shape index (κ2) is 5.85. The summed E-state index contributed by atoms with van der Waals surface area (Å²) in [6, 6.07) is 5.90. The van der Waals surface area contributed by atoms with Gasteiger partial charge in [-0.25, -0.2) is 0 Å². The third-order valence-electron chi connectivity index (χ3n) is 3.93. The average Bonchev–Trinajstić information content (AvgIpc) is 2.54. The van der Waals surface area contributed by atoms with Gasteiger partial charge in [0, 0.05) is 11.7 Å². The molecule has 1 N–H and O–H groups in total. The van der Waals surface area contributed by atoms with E-state index in [2.05, 4.69) is 12.2 Å². The maximum Gasteiger partial charge on any atom is 0.418 e. The molecule has 0 saturated heterocycles. The highest BCUT2D eigenvalue weighted by atomic mass is 19.4. The normalized spacial score (nSPS) is 24.8. The molecule has 1 nitrogen and oxygen atoms in total. The number of hydrogen-bond acceptors (Lipinski definition) is 1. The lowest BCUT2D eigenvalue weighted by molar-refractivity contribution is -0.137. The van der Waals surface area contributed by atoms with Crippen molar-refractivity contribution >= 4 is 5.69 Å². The molecule has 0 bridgehead atoms. The summed E-state index contributed by atoms with van der Waals surface area (Å²) in [4.78, 5) is 0. The monoisotopic (exact) mass is 271 g/mol. The van der Waals surface area contributed by atoms with E-state index in [1.807, 2.05) is 0 Å². The van der Waals surface area contributed by atoms with Crippen LogP contribution in [-0.4, -0.2) is 6.04 Å². The van der Waals surface area contributed by atoms with Crippen molar-refractivity contribution in [2.45, 2.75) is 51.2 Å². The van der Waals surface area contributed by atoms with E-state index in [1.54, 1.807) is 6.07 Å². The summed E-state index contributed by atoms with van der Waals surface area (Å²) >= 11 is 0. The van der Waals surface area contributed by atoms with E-state index >= 15 is 0 Å². The van der Waals surface area contributed by atoms with Crippen LogP contribution in [-0.2, 0) is 6.18 Å². The van der Waals surface area contributed by atoms with Crippen LogP contribution in [0.2, 0.25) is 0 Å². The molecule has 2 rings (SSSR count). The van der Waals surface area contributed by atoms with Crippen molar-refractivity contribution in [2.24, 2.45) is 5.92 Å². The fourth-order valence-corrected chi connectivity index (χ4v) is 2.76. The van der Waals surface area contributed by atoms with Gasteiger partial charge in [-0.15, -0.1) is 0 Å². The van der Waals surface area contributed by atoms with Gasteiger partial charge in [-0.05, 0) is 30.9 Å². The molecule has 19 heavy (non-hydrogen) atoms. The van der Waals surface area contributed by atoms with Crippen LogP contribution in [0.1, 0.15) is 44.6 Å². The van der Waals surface area contributed by atoms with Gasteiger partial charge in [0.2, 0.25) is 0 Å². The number of rotatable bonds is 2. The molecule has 0 spiro atoms. The minimum absolute atomic E-state index is 0.144. The van der Waals surface area contributed by atoms with Crippen LogP contribution in [0.3, 0.4) is 0 Å². The zero-order valence-electron chi connectivity index (χ0n) is 11.1. The highest BCUT2D eigenvalue weighted by molar-refractivity contribution is 5.53. The standard InChI is InChI=1S/C15H20F3N/c1-11-7-3-2-4-9-13(11)19-14-10-6-5-8-12(14)15(16,17)18/h5-6,8,10-11,13,19H,2-4,7,9H2,1H3. The van der Waals surface area contributed by atoms with Crippen molar-refractivity contribution in [1.82, 2.24) is 0 Å². The molecule has 0 heterocycles. The molecule has 1 aliphatic carbocycles. The van der Waals surface area contributed by atoms with Crippen molar-refractivity contribution in [3.05, 3.63) is 29.8 Å². The summed E-state index contributed by atoms with van der Waals surface area (Å²) in [5.41, 5.74) is -0.347. The van der Waals surface area contributed by atoms with Crippen LogP contribution in [0.4, 0.5) is 18.9 Å². The van der Waals surface area contributed by atoms with Crippen LogP contribution in [0.15, 0.2) is 24.3 Å². The smallest absolute Gasteiger partial charge is 0.382 e. The molecular formula is C15H20F3N. The number of para-hydroxylation sites is 1. The van der Waals surface area contributed by atoms with Crippen LogP contribution in [0.5, 0.6) is 0 Å². The van der Waals surface area contributed by atoms with E-state index in [0.717, 1.165) is 25.3 Å². The van der Waals surface area contributed by atoms with Gasteiger partial charge in [0.25, 0.3) is 0 Å². The van der Waals surface area contributed by atoms with Crippen LogP contribution in [0.25, 0.3) is 0 Å². The second-order valence-electron chi connectivity index (χ2n) is 5.41. The SMILES string of the molecule is CC1CCCCCC1Nc1ccccc1C(F)(F)F. The molecule has 2 unspecified atom stereocenters. The van der Waals surface area contributed by atoms with E-state index in [-0.39, 0.29) is 11.7 Å². The first-order valence-corrected chi connectivity index (χ1v) is 6.91. The van der Waals surface area contributed by atoms with E-state index in [1.165, 1.54) is 25.0 Å². The van der Waals surface area contributed by atoms with Gasteiger partial charge in [0.1, 0.15) is 0 Å². The van der Waals surface area contributed by atoms with Crippen molar-refractivity contribution in [3.63, 3.8) is 0 Å². The Morgan fingerprint density at radius 2 is 1.74 bits per heavy atom. The first-order valence-electron chi connectivity index (χ1n) is 6.91. The second-order valence-corrected chi connectivity index (χ2v) is 5.41. The molecule has 0 amide bonds. The van der Waals surface area contributed by atoms with Gasteiger partial charge in [-0.2, -0.15) is 13.2 Å². The summed E-state index contributed by atoms with van der Waals surface area (Å²) in [6.45, 7) is 2.12. The number of benzene rings is 1. The molecule has 1 aromatic carbocycles. The van der Waals surface area contributed by atoms with E-state index in [9.17, 15) is 13.2 Å². The van der Waals surface area contributed by atoms with Crippen LogP contribution < -0.4 is 5.32 Å². The van der Waals surface area contributed by atoms with Gasteiger partial charge >= 0.3 is 6.18 Å². The third kappa shape index (κ3) is 3.64. The number of halogens is 3. The number of nitrogens with one attached hydrogen (secondary N) is 1. The minimum atomic E-state index is -4.29. The lowest BCUT2D eigenvalue weighted by Gasteiger charge is -2.25. The Morgan fingerprint density at radius 3 is 2.47 bits per heavy atom.